The van der Waals surface area contributed by atoms with Crippen molar-refractivity contribution in [3.05, 3.63) is 134 Å². The number of ether oxygens (including phenoxy) is 1. The third-order valence-corrected chi connectivity index (χ3v) is 9.19. The highest BCUT2D eigenvalue weighted by Gasteiger charge is 2.35. The quantitative estimate of drug-likeness (QED) is 0.117. The van der Waals surface area contributed by atoms with Crippen molar-refractivity contribution in [1.29, 1.82) is 0 Å². The van der Waals surface area contributed by atoms with Gasteiger partial charge >= 0.3 is 0 Å². The van der Waals surface area contributed by atoms with Crippen molar-refractivity contribution >= 4 is 58.4 Å². The maximum atomic E-state index is 13.7. The summed E-state index contributed by atoms with van der Waals surface area (Å²) < 4.78 is 5.59. The molecule has 1 aliphatic heterocycles. The van der Waals surface area contributed by atoms with Gasteiger partial charge in [-0.3, -0.25) is 24.1 Å². The van der Waals surface area contributed by atoms with Crippen LogP contribution >= 0.6 is 34.8 Å². The molecule has 2 N–H and O–H groups in total. The molecule has 254 valence electrons. The van der Waals surface area contributed by atoms with Gasteiger partial charge in [-0.1, -0.05) is 107 Å². The predicted octanol–water partition coefficient (Wildman–Crippen LogP) is 6.31. The number of nitrogens with zero attached hydrogens (tertiary/aromatic N) is 2. The topological polar surface area (TPSA) is 116 Å². The van der Waals surface area contributed by atoms with Crippen LogP contribution in [-0.2, 0) is 16.0 Å². The lowest BCUT2D eigenvalue weighted by atomic mass is 10.00. The Kier molecular flexibility index (Phi) is 12.0. The number of aliphatic hydroxyl groups is 1. The molecule has 0 saturated heterocycles. The van der Waals surface area contributed by atoms with Gasteiger partial charge in [0.2, 0.25) is 5.91 Å². The normalized spacial score (nSPS) is 13.5. The van der Waals surface area contributed by atoms with Crippen LogP contribution in [0.3, 0.4) is 0 Å². The molecule has 4 amide bonds. The summed E-state index contributed by atoms with van der Waals surface area (Å²) in [6.45, 7) is 1.53. The van der Waals surface area contributed by atoms with Crippen molar-refractivity contribution in [1.82, 2.24) is 15.1 Å². The number of nitrogens with one attached hydrogen (secondary N) is 1. The largest absolute Gasteiger partial charge is 0.482 e. The van der Waals surface area contributed by atoms with E-state index in [4.69, 9.17) is 39.5 Å². The van der Waals surface area contributed by atoms with Crippen molar-refractivity contribution < 1.29 is 29.0 Å². The number of imide groups is 1. The number of carbonyl (C=O) groups excluding carboxylic acids is 4. The third-order valence-electron chi connectivity index (χ3n) is 8.17. The Bertz CT molecular complexity index is 1800. The summed E-state index contributed by atoms with van der Waals surface area (Å²) in [5, 5.41) is 15.1. The van der Waals surface area contributed by atoms with E-state index in [1.54, 1.807) is 54.6 Å². The molecule has 5 rings (SSSR count). The van der Waals surface area contributed by atoms with Gasteiger partial charge in [0.05, 0.1) is 38.3 Å². The van der Waals surface area contributed by atoms with Gasteiger partial charge in [-0.2, -0.15) is 0 Å². The monoisotopic (exact) mass is 721 g/mol. The predicted molar refractivity (Wildman–Crippen MR) is 188 cm³/mol. The molecule has 9 nitrogen and oxygen atoms in total. The summed E-state index contributed by atoms with van der Waals surface area (Å²) in [7, 11) is 0. The lowest BCUT2D eigenvalue weighted by molar-refractivity contribution is -0.133. The van der Waals surface area contributed by atoms with Gasteiger partial charge in [0.15, 0.2) is 6.61 Å². The number of carbonyl (C=O) groups is 4. The van der Waals surface area contributed by atoms with Crippen LogP contribution in [0.2, 0.25) is 15.1 Å². The summed E-state index contributed by atoms with van der Waals surface area (Å²) in [6, 6.07) is 25.2. The van der Waals surface area contributed by atoms with Crippen LogP contribution in [0.5, 0.6) is 5.75 Å². The number of hydrogen-bond acceptors (Lipinski definition) is 6. The van der Waals surface area contributed by atoms with Crippen LogP contribution < -0.4 is 10.1 Å². The first-order valence-corrected chi connectivity index (χ1v) is 16.7. The molecule has 4 aromatic carbocycles. The number of fused-ring (bicyclic) bond motifs is 1. The van der Waals surface area contributed by atoms with Crippen molar-refractivity contribution in [2.45, 2.75) is 31.9 Å². The van der Waals surface area contributed by atoms with Crippen molar-refractivity contribution in [3.8, 4) is 5.75 Å². The average Bonchev–Trinajstić information content (AvgIpc) is 3.34. The highest BCUT2D eigenvalue weighted by molar-refractivity contribution is 6.43. The first-order chi connectivity index (χ1) is 23.5. The Morgan fingerprint density at radius 2 is 1.47 bits per heavy atom. The molecule has 12 heteroatoms. The van der Waals surface area contributed by atoms with Gasteiger partial charge in [0.25, 0.3) is 17.7 Å². The number of halogens is 3. The van der Waals surface area contributed by atoms with Gasteiger partial charge in [0.1, 0.15) is 5.75 Å². The van der Waals surface area contributed by atoms with Crippen LogP contribution in [0.25, 0.3) is 0 Å². The van der Waals surface area contributed by atoms with Crippen LogP contribution in [-0.4, -0.2) is 70.9 Å². The fourth-order valence-electron chi connectivity index (χ4n) is 5.51. The Balaban J connectivity index is 1.30. The smallest absolute Gasteiger partial charge is 0.261 e. The van der Waals surface area contributed by atoms with E-state index in [9.17, 15) is 24.3 Å². The Morgan fingerprint density at radius 1 is 0.857 bits per heavy atom. The molecule has 49 heavy (non-hydrogen) atoms. The van der Waals surface area contributed by atoms with E-state index in [0.717, 1.165) is 16.0 Å². The zero-order chi connectivity index (χ0) is 35.1. The summed E-state index contributed by atoms with van der Waals surface area (Å²) in [5.74, 6) is -1.66. The fraction of sp³-hybridized carbons (Fsp3) is 0.243. The second-order valence-electron chi connectivity index (χ2n) is 11.6. The number of aliphatic hydroxyl groups excluding tert-OH is 1. The van der Waals surface area contributed by atoms with Gasteiger partial charge < -0.3 is 20.1 Å². The van der Waals surface area contributed by atoms with E-state index in [-0.39, 0.29) is 52.8 Å². The molecule has 1 unspecified atom stereocenters. The zero-order valence-corrected chi connectivity index (χ0v) is 28.8. The Labute approximate surface area is 299 Å². The highest BCUT2D eigenvalue weighted by Crippen LogP contribution is 2.34. The van der Waals surface area contributed by atoms with E-state index in [1.165, 1.54) is 17.0 Å². The molecular formula is C37H34Cl3N3O6. The minimum atomic E-state index is -1.25. The standard InChI is InChI=1S/C37H34Cl3N3O6/c1-23-11-13-24(14-12-23)15-17-42(34(46)16-18-43-36(47)26-9-5-6-10-27(26)37(43)48)21-31(44)35(25-7-3-2-4-8-25)41-33(45)22-49-32-20-29(39)28(38)19-30(32)40/h2-14,19-20,31,35,44H,15-18,21-22H2,1H3,(H,41,45)/t31?,35-/m0/s1. The van der Waals surface area contributed by atoms with Crippen LogP contribution in [0.15, 0.2) is 91.0 Å². The van der Waals surface area contributed by atoms with Gasteiger partial charge in [0, 0.05) is 32.1 Å². The molecule has 1 heterocycles. The summed E-state index contributed by atoms with van der Waals surface area (Å²) in [6.07, 6.45) is -0.903. The molecule has 0 spiro atoms. The first kappa shape index (κ1) is 35.9. The lowest BCUT2D eigenvalue weighted by Gasteiger charge is -2.31. The second-order valence-corrected chi connectivity index (χ2v) is 12.9. The van der Waals surface area contributed by atoms with Gasteiger partial charge in [-0.05, 0) is 42.7 Å². The highest BCUT2D eigenvalue weighted by atomic mass is 35.5. The van der Waals surface area contributed by atoms with Crippen molar-refractivity contribution in [2.75, 3.05) is 26.2 Å². The molecule has 4 aromatic rings. The lowest BCUT2D eigenvalue weighted by Crippen LogP contribution is -2.46. The Morgan fingerprint density at radius 3 is 2.12 bits per heavy atom. The third kappa shape index (κ3) is 8.99. The molecule has 0 fully saturated rings. The number of amides is 4. The van der Waals surface area contributed by atoms with Crippen molar-refractivity contribution in [3.63, 3.8) is 0 Å². The zero-order valence-electron chi connectivity index (χ0n) is 26.6. The first-order valence-electron chi connectivity index (χ1n) is 15.6. The van der Waals surface area contributed by atoms with Crippen LogP contribution in [0.1, 0.15) is 49.9 Å². The second kappa shape index (κ2) is 16.3. The molecule has 0 aliphatic carbocycles. The molecule has 0 aromatic heterocycles. The van der Waals surface area contributed by atoms with Gasteiger partial charge in [-0.25, -0.2) is 0 Å². The summed E-state index contributed by atoms with van der Waals surface area (Å²) >= 11 is 18.3. The van der Waals surface area contributed by atoms with E-state index in [0.29, 0.717) is 23.1 Å². The molecular weight excluding hydrogens is 689 g/mol. The van der Waals surface area contributed by atoms with E-state index in [1.807, 2.05) is 31.2 Å². The molecule has 0 bridgehead atoms. The minimum absolute atomic E-state index is 0.115. The summed E-state index contributed by atoms with van der Waals surface area (Å²) in [5.41, 5.74) is 3.30. The number of benzene rings is 4. The maximum absolute atomic E-state index is 13.7. The molecule has 1 aliphatic rings. The molecule has 0 saturated carbocycles. The minimum Gasteiger partial charge on any atom is -0.482 e. The average molecular weight is 723 g/mol. The molecule has 2 atom stereocenters. The van der Waals surface area contributed by atoms with Crippen LogP contribution in [0.4, 0.5) is 0 Å². The summed E-state index contributed by atoms with van der Waals surface area (Å²) in [4.78, 5) is 55.3. The SMILES string of the molecule is Cc1ccc(CCN(CC(O)[C@@H](NC(=O)COc2cc(Cl)c(Cl)cc2Cl)c2ccccc2)C(=O)CCN2C(=O)c3ccccc3C2=O)cc1. The van der Waals surface area contributed by atoms with E-state index in [2.05, 4.69) is 5.32 Å². The van der Waals surface area contributed by atoms with Gasteiger partial charge in [-0.15, -0.1) is 0 Å². The number of aryl methyl sites for hydroxylation is 1. The fourth-order valence-corrected chi connectivity index (χ4v) is 6.10. The van der Waals surface area contributed by atoms with Crippen molar-refractivity contribution in [2.24, 2.45) is 0 Å². The Hall–Kier alpha value is -4.41. The number of rotatable bonds is 14. The maximum Gasteiger partial charge on any atom is 0.261 e. The van der Waals surface area contributed by atoms with Crippen LogP contribution in [0, 0.1) is 6.92 Å². The van der Waals surface area contributed by atoms with E-state index < -0.39 is 36.5 Å². The van der Waals surface area contributed by atoms with E-state index >= 15 is 0 Å². The molecule has 0 radical (unpaired) electrons. The number of hydrogen-bond donors (Lipinski definition) is 2.